The second-order valence-corrected chi connectivity index (χ2v) is 6.68. The number of aromatic nitrogens is 2. The summed E-state index contributed by atoms with van der Waals surface area (Å²) < 4.78 is 0. The highest BCUT2D eigenvalue weighted by atomic mass is 32.1. The van der Waals surface area contributed by atoms with Gasteiger partial charge in [-0.25, -0.2) is 0 Å². The second-order valence-electron chi connectivity index (χ2n) is 5.73. The van der Waals surface area contributed by atoms with Crippen molar-refractivity contribution < 1.29 is 9.59 Å². The summed E-state index contributed by atoms with van der Waals surface area (Å²) >= 11 is 1.44. The fourth-order valence-corrected chi connectivity index (χ4v) is 3.38. The van der Waals surface area contributed by atoms with E-state index in [0.717, 1.165) is 29.0 Å². The van der Waals surface area contributed by atoms with Crippen molar-refractivity contribution >= 4 is 23.2 Å². The Labute approximate surface area is 131 Å². The number of carbonyl (C=O) groups excluding carboxylic acids is 2. The average Bonchev–Trinajstić information content (AvgIpc) is 3.05. The minimum Gasteiger partial charge on any atom is -0.348 e. The van der Waals surface area contributed by atoms with Gasteiger partial charge in [0.05, 0.1) is 11.4 Å². The van der Waals surface area contributed by atoms with Crippen LogP contribution in [0.4, 0.5) is 0 Å². The number of rotatable bonds is 3. The minimum absolute atomic E-state index is 0.0235. The van der Waals surface area contributed by atoms with E-state index in [1.54, 1.807) is 4.90 Å². The Kier molecular flexibility index (Phi) is 3.22. The standard InChI is InChI=1S/C15H16N4O2S/c20-14(16-9-3-4-9)13-10-8-19(6-5-11(10)17-18-13)15(21)12-2-1-7-22-12/h1-2,7,9H,3-6,8H2,(H,16,20)(H,17,18). The van der Waals surface area contributed by atoms with Gasteiger partial charge in [-0.15, -0.1) is 11.3 Å². The van der Waals surface area contributed by atoms with Crippen LogP contribution in [0, 0.1) is 0 Å². The Hall–Kier alpha value is -2.15. The van der Waals surface area contributed by atoms with Gasteiger partial charge in [0, 0.05) is 30.3 Å². The normalized spacial score (nSPS) is 17.2. The zero-order chi connectivity index (χ0) is 15.1. The number of hydrogen-bond donors (Lipinski definition) is 2. The van der Waals surface area contributed by atoms with Gasteiger partial charge in [0.1, 0.15) is 0 Å². The van der Waals surface area contributed by atoms with Crippen LogP contribution < -0.4 is 5.32 Å². The Balaban J connectivity index is 1.55. The van der Waals surface area contributed by atoms with Crippen LogP contribution in [0.5, 0.6) is 0 Å². The summed E-state index contributed by atoms with van der Waals surface area (Å²) in [7, 11) is 0. The first-order valence-corrected chi connectivity index (χ1v) is 8.30. The van der Waals surface area contributed by atoms with Gasteiger partial charge >= 0.3 is 0 Å². The molecule has 0 spiro atoms. The van der Waals surface area contributed by atoms with Crippen molar-refractivity contribution in [2.45, 2.75) is 31.8 Å². The zero-order valence-corrected chi connectivity index (χ0v) is 12.8. The monoisotopic (exact) mass is 316 g/mol. The lowest BCUT2D eigenvalue weighted by molar-refractivity contribution is 0.0736. The maximum atomic E-state index is 12.5. The lowest BCUT2D eigenvalue weighted by Crippen LogP contribution is -2.36. The highest BCUT2D eigenvalue weighted by Crippen LogP contribution is 2.24. The van der Waals surface area contributed by atoms with Gasteiger partial charge in [-0.2, -0.15) is 5.10 Å². The second kappa shape index (κ2) is 5.24. The molecule has 4 rings (SSSR count). The van der Waals surface area contributed by atoms with Gasteiger partial charge in [-0.05, 0) is 24.3 Å². The molecule has 0 saturated heterocycles. The molecule has 7 heteroatoms. The maximum absolute atomic E-state index is 12.5. The van der Waals surface area contributed by atoms with Crippen molar-refractivity contribution in [3.05, 3.63) is 39.3 Å². The molecular weight excluding hydrogens is 300 g/mol. The van der Waals surface area contributed by atoms with Crippen LogP contribution in [-0.4, -0.2) is 39.5 Å². The zero-order valence-electron chi connectivity index (χ0n) is 12.0. The molecule has 0 radical (unpaired) electrons. The molecule has 1 aliphatic carbocycles. The summed E-state index contributed by atoms with van der Waals surface area (Å²) in [6, 6.07) is 4.01. The Morgan fingerprint density at radius 1 is 1.41 bits per heavy atom. The van der Waals surface area contributed by atoms with Crippen LogP contribution in [0.1, 0.15) is 44.3 Å². The van der Waals surface area contributed by atoms with E-state index in [9.17, 15) is 9.59 Å². The summed E-state index contributed by atoms with van der Waals surface area (Å²) in [6.45, 7) is 1.09. The van der Waals surface area contributed by atoms with Crippen LogP contribution in [-0.2, 0) is 13.0 Å². The van der Waals surface area contributed by atoms with E-state index in [1.165, 1.54) is 11.3 Å². The minimum atomic E-state index is -0.134. The highest BCUT2D eigenvalue weighted by Gasteiger charge is 2.31. The van der Waals surface area contributed by atoms with E-state index in [1.807, 2.05) is 17.5 Å². The van der Waals surface area contributed by atoms with Crippen molar-refractivity contribution in [3.8, 4) is 0 Å². The molecule has 0 atom stereocenters. The number of hydrogen-bond acceptors (Lipinski definition) is 4. The molecule has 2 amide bonds. The Morgan fingerprint density at radius 3 is 3.00 bits per heavy atom. The van der Waals surface area contributed by atoms with Gasteiger partial charge < -0.3 is 10.2 Å². The number of thiophene rings is 1. The Morgan fingerprint density at radius 2 is 2.27 bits per heavy atom. The molecule has 6 nitrogen and oxygen atoms in total. The molecule has 0 unspecified atom stereocenters. The number of fused-ring (bicyclic) bond motifs is 1. The molecule has 1 saturated carbocycles. The molecule has 2 N–H and O–H groups in total. The quantitative estimate of drug-likeness (QED) is 0.902. The average molecular weight is 316 g/mol. The summed E-state index contributed by atoms with van der Waals surface area (Å²) in [6.07, 6.45) is 2.79. The van der Waals surface area contributed by atoms with Crippen LogP contribution in [0.2, 0.25) is 0 Å². The summed E-state index contributed by atoms with van der Waals surface area (Å²) in [5, 5.41) is 12.0. The topological polar surface area (TPSA) is 78.1 Å². The van der Waals surface area contributed by atoms with Crippen molar-refractivity contribution in [1.82, 2.24) is 20.4 Å². The number of amides is 2. The molecule has 1 aliphatic heterocycles. The largest absolute Gasteiger partial charge is 0.348 e. The van der Waals surface area contributed by atoms with Crippen molar-refractivity contribution in [3.63, 3.8) is 0 Å². The lowest BCUT2D eigenvalue weighted by Gasteiger charge is -2.26. The van der Waals surface area contributed by atoms with Crippen LogP contribution in [0.3, 0.4) is 0 Å². The molecule has 0 aromatic carbocycles. The maximum Gasteiger partial charge on any atom is 0.272 e. The van der Waals surface area contributed by atoms with Crippen LogP contribution in [0.15, 0.2) is 17.5 Å². The van der Waals surface area contributed by atoms with Gasteiger partial charge in [-0.1, -0.05) is 6.07 Å². The lowest BCUT2D eigenvalue weighted by atomic mass is 10.0. The molecule has 2 aromatic rings. The van der Waals surface area contributed by atoms with Gasteiger partial charge in [0.25, 0.3) is 11.8 Å². The highest BCUT2D eigenvalue weighted by molar-refractivity contribution is 7.12. The third-order valence-corrected chi connectivity index (χ3v) is 4.94. The molecule has 1 fully saturated rings. The summed E-state index contributed by atoms with van der Waals surface area (Å²) in [5.41, 5.74) is 2.26. The molecule has 22 heavy (non-hydrogen) atoms. The van der Waals surface area contributed by atoms with Crippen LogP contribution >= 0.6 is 11.3 Å². The van der Waals surface area contributed by atoms with E-state index >= 15 is 0 Å². The van der Waals surface area contributed by atoms with E-state index in [0.29, 0.717) is 31.2 Å². The number of H-pyrrole nitrogens is 1. The van der Waals surface area contributed by atoms with Crippen molar-refractivity contribution in [1.29, 1.82) is 0 Å². The van der Waals surface area contributed by atoms with Gasteiger partial charge in [-0.3, -0.25) is 14.7 Å². The Bertz CT molecular complexity index is 718. The predicted octanol–water partition coefficient (Wildman–Crippen LogP) is 1.56. The third-order valence-electron chi connectivity index (χ3n) is 4.08. The number of aromatic amines is 1. The van der Waals surface area contributed by atoms with Crippen LogP contribution in [0.25, 0.3) is 0 Å². The smallest absolute Gasteiger partial charge is 0.272 e. The fraction of sp³-hybridized carbons (Fsp3) is 0.400. The third kappa shape index (κ3) is 2.41. The predicted molar refractivity (Wildman–Crippen MR) is 81.8 cm³/mol. The van der Waals surface area contributed by atoms with E-state index in [2.05, 4.69) is 15.5 Å². The first kappa shape index (κ1) is 13.5. The van der Waals surface area contributed by atoms with Crippen molar-refractivity contribution in [2.75, 3.05) is 6.54 Å². The first-order chi connectivity index (χ1) is 10.7. The number of nitrogens with one attached hydrogen (secondary N) is 2. The summed E-state index contributed by atoms with van der Waals surface area (Å²) in [5.74, 6) is -0.110. The molecule has 2 aliphatic rings. The molecule has 114 valence electrons. The molecule has 0 bridgehead atoms. The van der Waals surface area contributed by atoms with Crippen molar-refractivity contribution in [2.24, 2.45) is 0 Å². The number of carbonyl (C=O) groups is 2. The van der Waals surface area contributed by atoms with E-state index in [-0.39, 0.29) is 11.8 Å². The number of nitrogens with zero attached hydrogens (tertiary/aromatic N) is 2. The molecule has 3 heterocycles. The molecule has 2 aromatic heterocycles. The van der Waals surface area contributed by atoms with Gasteiger partial charge in [0.15, 0.2) is 5.69 Å². The fourth-order valence-electron chi connectivity index (χ4n) is 2.69. The summed E-state index contributed by atoms with van der Waals surface area (Å²) in [4.78, 5) is 27.2. The van der Waals surface area contributed by atoms with E-state index < -0.39 is 0 Å². The molecular formula is C15H16N4O2S. The first-order valence-electron chi connectivity index (χ1n) is 7.42. The van der Waals surface area contributed by atoms with Gasteiger partial charge in [0.2, 0.25) is 0 Å². The SMILES string of the molecule is O=C(NC1CC1)c1n[nH]c2c1CN(C(=O)c1cccs1)CC2. The van der Waals surface area contributed by atoms with E-state index in [4.69, 9.17) is 0 Å².